The van der Waals surface area contributed by atoms with Crippen molar-refractivity contribution in [2.24, 2.45) is 5.73 Å². The highest BCUT2D eigenvalue weighted by atomic mass is 16.5. The van der Waals surface area contributed by atoms with Gasteiger partial charge in [-0.2, -0.15) is 0 Å². The fraction of sp³-hybridized carbons (Fsp3) is 0.588. The van der Waals surface area contributed by atoms with Crippen LogP contribution in [0, 0.1) is 6.92 Å². The summed E-state index contributed by atoms with van der Waals surface area (Å²) < 4.78 is 5.85. The third-order valence-electron chi connectivity index (χ3n) is 3.68. The van der Waals surface area contributed by atoms with Crippen molar-refractivity contribution >= 4 is 5.91 Å². The van der Waals surface area contributed by atoms with Gasteiger partial charge in [0.25, 0.3) is 5.91 Å². The van der Waals surface area contributed by atoms with Gasteiger partial charge in [-0.1, -0.05) is 19.1 Å². The summed E-state index contributed by atoms with van der Waals surface area (Å²) in [6, 6.07) is 5.74. The standard InChI is InChI=1S/C17H28N2O2/c1-7-17(5,6)19-16(20)13(4)21-15-10-11(2)8-9-14(15)12(3)18/h8-10,12-13H,7,18H2,1-6H3,(H,19,20)/t12-,13?/m1/s1. The number of ether oxygens (including phenoxy) is 1. The number of amides is 1. The summed E-state index contributed by atoms with van der Waals surface area (Å²) >= 11 is 0. The van der Waals surface area contributed by atoms with Crippen molar-refractivity contribution in [3.63, 3.8) is 0 Å². The van der Waals surface area contributed by atoms with Crippen LogP contribution in [0.5, 0.6) is 5.75 Å². The minimum Gasteiger partial charge on any atom is -0.481 e. The molecule has 0 bridgehead atoms. The number of aryl methyl sites for hydroxylation is 1. The number of carbonyl (C=O) groups excluding carboxylic acids is 1. The lowest BCUT2D eigenvalue weighted by Crippen LogP contribution is -2.48. The molecule has 118 valence electrons. The maximum Gasteiger partial charge on any atom is 0.261 e. The second kappa shape index (κ2) is 6.94. The lowest BCUT2D eigenvalue weighted by atomic mass is 10.0. The van der Waals surface area contributed by atoms with Gasteiger partial charge in [-0.15, -0.1) is 0 Å². The van der Waals surface area contributed by atoms with E-state index < -0.39 is 6.10 Å². The van der Waals surface area contributed by atoms with Crippen LogP contribution in [0.1, 0.15) is 58.2 Å². The zero-order valence-corrected chi connectivity index (χ0v) is 14.0. The molecule has 1 aromatic carbocycles. The van der Waals surface area contributed by atoms with E-state index >= 15 is 0 Å². The highest BCUT2D eigenvalue weighted by Crippen LogP contribution is 2.26. The fourth-order valence-electron chi connectivity index (χ4n) is 1.89. The van der Waals surface area contributed by atoms with Gasteiger partial charge in [-0.3, -0.25) is 4.79 Å². The number of nitrogens with one attached hydrogen (secondary N) is 1. The summed E-state index contributed by atoms with van der Waals surface area (Å²) in [5, 5.41) is 2.99. The summed E-state index contributed by atoms with van der Waals surface area (Å²) in [7, 11) is 0. The number of carbonyl (C=O) groups is 1. The van der Waals surface area contributed by atoms with Gasteiger partial charge in [0.05, 0.1) is 0 Å². The van der Waals surface area contributed by atoms with Crippen LogP contribution >= 0.6 is 0 Å². The van der Waals surface area contributed by atoms with E-state index in [9.17, 15) is 4.79 Å². The van der Waals surface area contributed by atoms with Crippen LogP contribution in [0.15, 0.2) is 18.2 Å². The minimum absolute atomic E-state index is 0.112. The first-order chi connectivity index (χ1) is 9.66. The molecule has 1 amide bonds. The number of hydrogen-bond donors (Lipinski definition) is 2. The zero-order chi connectivity index (χ0) is 16.2. The van der Waals surface area contributed by atoms with E-state index in [1.54, 1.807) is 6.92 Å². The van der Waals surface area contributed by atoms with Crippen molar-refractivity contribution in [3.8, 4) is 5.75 Å². The molecule has 2 atom stereocenters. The molecule has 21 heavy (non-hydrogen) atoms. The molecular weight excluding hydrogens is 264 g/mol. The molecule has 1 aromatic rings. The maximum atomic E-state index is 12.2. The Labute approximate surface area is 128 Å². The van der Waals surface area contributed by atoms with E-state index in [1.165, 1.54) is 0 Å². The third-order valence-corrected chi connectivity index (χ3v) is 3.68. The Kier molecular flexibility index (Phi) is 5.78. The molecular formula is C17H28N2O2. The van der Waals surface area contributed by atoms with E-state index in [0.29, 0.717) is 5.75 Å². The Hall–Kier alpha value is -1.55. The summed E-state index contributed by atoms with van der Waals surface area (Å²) in [5.41, 5.74) is 7.72. The van der Waals surface area contributed by atoms with E-state index in [0.717, 1.165) is 17.5 Å². The average molecular weight is 292 g/mol. The van der Waals surface area contributed by atoms with Gasteiger partial charge in [0, 0.05) is 17.1 Å². The topological polar surface area (TPSA) is 64.3 Å². The molecule has 4 nitrogen and oxygen atoms in total. The number of hydrogen-bond acceptors (Lipinski definition) is 3. The first-order valence-corrected chi connectivity index (χ1v) is 7.51. The maximum absolute atomic E-state index is 12.2. The molecule has 0 aliphatic heterocycles. The molecule has 3 N–H and O–H groups in total. The van der Waals surface area contributed by atoms with E-state index in [4.69, 9.17) is 10.5 Å². The molecule has 0 radical (unpaired) electrons. The molecule has 0 aliphatic rings. The Morgan fingerprint density at radius 1 is 1.38 bits per heavy atom. The van der Waals surface area contributed by atoms with Gasteiger partial charge >= 0.3 is 0 Å². The van der Waals surface area contributed by atoms with Crippen LogP contribution in [0.4, 0.5) is 0 Å². The highest BCUT2D eigenvalue weighted by molar-refractivity contribution is 5.81. The van der Waals surface area contributed by atoms with Crippen molar-refractivity contribution < 1.29 is 9.53 Å². The minimum atomic E-state index is -0.560. The molecule has 0 aliphatic carbocycles. The smallest absolute Gasteiger partial charge is 0.261 e. The van der Waals surface area contributed by atoms with Gasteiger partial charge in [0.2, 0.25) is 0 Å². The summed E-state index contributed by atoms with van der Waals surface area (Å²) in [5.74, 6) is 0.570. The van der Waals surface area contributed by atoms with Gasteiger partial charge in [-0.05, 0) is 52.7 Å². The molecule has 0 fully saturated rings. The van der Waals surface area contributed by atoms with Gasteiger partial charge in [-0.25, -0.2) is 0 Å². The van der Waals surface area contributed by atoms with Crippen molar-refractivity contribution in [1.29, 1.82) is 0 Å². The van der Waals surface area contributed by atoms with Crippen LogP contribution in [0.3, 0.4) is 0 Å². The van der Waals surface area contributed by atoms with Gasteiger partial charge in [0.15, 0.2) is 6.10 Å². The number of nitrogens with two attached hydrogens (primary N) is 1. The van der Waals surface area contributed by atoms with Crippen LogP contribution in [0.2, 0.25) is 0 Å². The van der Waals surface area contributed by atoms with Crippen molar-refractivity contribution in [1.82, 2.24) is 5.32 Å². The number of rotatable bonds is 6. The fourth-order valence-corrected chi connectivity index (χ4v) is 1.89. The summed E-state index contributed by atoms with van der Waals surface area (Å²) in [6.07, 6.45) is 0.302. The number of benzene rings is 1. The molecule has 4 heteroatoms. The molecule has 1 rings (SSSR count). The molecule has 0 spiro atoms. The monoisotopic (exact) mass is 292 g/mol. The Morgan fingerprint density at radius 3 is 2.52 bits per heavy atom. The summed E-state index contributed by atoms with van der Waals surface area (Å²) in [4.78, 5) is 12.2. The molecule has 0 saturated carbocycles. The molecule has 1 unspecified atom stereocenters. The summed E-state index contributed by atoms with van der Waals surface area (Å²) in [6.45, 7) is 11.7. The van der Waals surface area contributed by atoms with Gasteiger partial charge < -0.3 is 15.8 Å². The molecule has 0 heterocycles. The molecule has 0 saturated heterocycles. The van der Waals surface area contributed by atoms with Crippen molar-refractivity contribution in [2.45, 2.75) is 65.6 Å². The predicted octanol–water partition coefficient (Wildman–Crippen LogP) is 3.09. The van der Waals surface area contributed by atoms with Crippen molar-refractivity contribution in [3.05, 3.63) is 29.3 Å². The van der Waals surface area contributed by atoms with Crippen LogP contribution in [0.25, 0.3) is 0 Å². The first kappa shape index (κ1) is 17.5. The largest absolute Gasteiger partial charge is 0.481 e. The first-order valence-electron chi connectivity index (χ1n) is 7.51. The van der Waals surface area contributed by atoms with Crippen LogP contribution in [-0.2, 0) is 4.79 Å². The Bertz CT molecular complexity index is 496. The van der Waals surface area contributed by atoms with Gasteiger partial charge in [0.1, 0.15) is 5.75 Å². The second-order valence-electron chi connectivity index (χ2n) is 6.32. The second-order valence-corrected chi connectivity index (χ2v) is 6.32. The molecule has 0 aromatic heterocycles. The van der Waals surface area contributed by atoms with Crippen LogP contribution in [-0.4, -0.2) is 17.6 Å². The van der Waals surface area contributed by atoms with E-state index in [2.05, 4.69) is 5.32 Å². The van der Waals surface area contributed by atoms with Crippen molar-refractivity contribution in [2.75, 3.05) is 0 Å². The Morgan fingerprint density at radius 2 is 2.00 bits per heavy atom. The lowest BCUT2D eigenvalue weighted by Gasteiger charge is -2.27. The Balaban J connectivity index is 2.85. The quantitative estimate of drug-likeness (QED) is 0.847. The SMILES string of the molecule is CCC(C)(C)NC(=O)C(C)Oc1cc(C)ccc1[C@@H](C)N. The normalized spacial score (nSPS) is 14.4. The van der Waals surface area contributed by atoms with Crippen LogP contribution < -0.4 is 15.8 Å². The van der Waals surface area contributed by atoms with E-state index in [1.807, 2.05) is 52.8 Å². The predicted molar refractivity (Wildman–Crippen MR) is 86.4 cm³/mol. The van der Waals surface area contributed by atoms with E-state index in [-0.39, 0.29) is 17.5 Å². The third kappa shape index (κ3) is 5.05. The lowest BCUT2D eigenvalue weighted by molar-refractivity contribution is -0.129. The highest BCUT2D eigenvalue weighted by Gasteiger charge is 2.23. The zero-order valence-electron chi connectivity index (χ0n) is 14.0. The average Bonchev–Trinajstić information content (AvgIpc) is 2.37.